The summed E-state index contributed by atoms with van der Waals surface area (Å²) < 4.78 is 5.62. The third kappa shape index (κ3) is 3.65. The van der Waals surface area contributed by atoms with Gasteiger partial charge in [0, 0.05) is 24.6 Å². The summed E-state index contributed by atoms with van der Waals surface area (Å²) in [6.07, 6.45) is -0.517. The molecule has 0 unspecified atom stereocenters. The second-order valence-electron chi connectivity index (χ2n) is 4.34. The van der Waals surface area contributed by atoms with E-state index in [0.717, 1.165) is 24.6 Å². The molecule has 1 saturated heterocycles. The first-order valence-corrected chi connectivity index (χ1v) is 7.39. The summed E-state index contributed by atoms with van der Waals surface area (Å²) in [7, 11) is 0. The van der Waals surface area contributed by atoms with Gasteiger partial charge >= 0.3 is 0 Å². The molecule has 0 saturated carbocycles. The van der Waals surface area contributed by atoms with Crippen LogP contribution in [-0.4, -0.2) is 41.5 Å². The molecule has 1 aromatic rings. The van der Waals surface area contributed by atoms with Crippen LogP contribution in [0.3, 0.4) is 0 Å². The van der Waals surface area contributed by atoms with Crippen molar-refractivity contribution >= 4 is 17.7 Å². The molecule has 1 fully saturated rings. The fraction of sp³-hybridized carbons (Fsp3) is 0.429. The molecule has 1 amide bonds. The zero-order valence-electron chi connectivity index (χ0n) is 10.8. The number of hydrogen-bond donors (Lipinski definition) is 0. The molecule has 100 valence electrons. The van der Waals surface area contributed by atoms with Crippen molar-refractivity contribution in [1.82, 2.24) is 4.90 Å². The molecule has 0 spiro atoms. The van der Waals surface area contributed by atoms with Crippen LogP contribution in [0.4, 0.5) is 0 Å². The number of carbonyl (C=O) groups is 1. The predicted octanol–water partition coefficient (Wildman–Crippen LogP) is 1.90. The lowest BCUT2D eigenvalue weighted by Crippen LogP contribution is -2.44. The van der Waals surface area contributed by atoms with Gasteiger partial charge in [-0.15, -0.1) is 0 Å². The summed E-state index contributed by atoms with van der Waals surface area (Å²) in [6, 6.07) is 8.93. The molecule has 0 radical (unpaired) electrons. The van der Waals surface area contributed by atoms with Crippen molar-refractivity contribution in [3.05, 3.63) is 29.8 Å². The van der Waals surface area contributed by atoms with E-state index in [1.54, 1.807) is 31.2 Å². The number of nitriles is 1. The smallest absolute Gasteiger partial charge is 0.263 e. The van der Waals surface area contributed by atoms with Crippen LogP contribution in [0.2, 0.25) is 0 Å². The molecule has 1 heterocycles. The van der Waals surface area contributed by atoms with Gasteiger partial charge in [0.2, 0.25) is 0 Å². The maximum Gasteiger partial charge on any atom is 0.263 e. The van der Waals surface area contributed by atoms with Gasteiger partial charge < -0.3 is 9.64 Å². The maximum atomic E-state index is 12.2. The Morgan fingerprint density at radius 1 is 1.47 bits per heavy atom. The van der Waals surface area contributed by atoms with E-state index in [0.29, 0.717) is 11.3 Å². The third-order valence-electron chi connectivity index (χ3n) is 2.95. The van der Waals surface area contributed by atoms with Gasteiger partial charge in [0.25, 0.3) is 5.91 Å². The Morgan fingerprint density at radius 3 is 2.89 bits per heavy atom. The summed E-state index contributed by atoms with van der Waals surface area (Å²) in [6.45, 7) is 3.33. The second kappa shape index (κ2) is 6.48. The molecule has 1 aliphatic rings. The summed E-state index contributed by atoms with van der Waals surface area (Å²) in [5, 5.41) is 8.83. The fourth-order valence-electron chi connectivity index (χ4n) is 1.93. The molecule has 0 bridgehead atoms. The Hall–Kier alpha value is -1.67. The molecule has 1 atom stereocenters. The summed E-state index contributed by atoms with van der Waals surface area (Å²) in [4.78, 5) is 14.0. The number of rotatable bonds is 3. The first-order chi connectivity index (χ1) is 9.20. The molecule has 4 nitrogen and oxygen atoms in total. The number of benzene rings is 1. The van der Waals surface area contributed by atoms with Crippen LogP contribution in [0.25, 0.3) is 0 Å². The Morgan fingerprint density at radius 2 is 2.21 bits per heavy atom. The third-order valence-corrected chi connectivity index (χ3v) is 3.89. The van der Waals surface area contributed by atoms with Gasteiger partial charge in [0.15, 0.2) is 6.10 Å². The van der Waals surface area contributed by atoms with Gasteiger partial charge in [0.1, 0.15) is 5.75 Å². The highest BCUT2D eigenvalue weighted by molar-refractivity contribution is 7.99. The minimum atomic E-state index is -0.517. The maximum absolute atomic E-state index is 12.2. The van der Waals surface area contributed by atoms with Crippen molar-refractivity contribution in [1.29, 1.82) is 5.26 Å². The Labute approximate surface area is 117 Å². The van der Waals surface area contributed by atoms with Crippen molar-refractivity contribution in [2.45, 2.75) is 13.0 Å². The number of ether oxygens (including phenoxy) is 1. The van der Waals surface area contributed by atoms with Crippen LogP contribution in [-0.2, 0) is 4.79 Å². The number of carbonyl (C=O) groups excluding carboxylic acids is 1. The van der Waals surface area contributed by atoms with Crippen molar-refractivity contribution in [3.8, 4) is 11.8 Å². The van der Waals surface area contributed by atoms with Crippen LogP contribution in [0.15, 0.2) is 24.3 Å². The SMILES string of the molecule is C[C@H](Oc1cccc(C#N)c1)C(=O)N1CCSCC1. The number of hydrogen-bond acceptors (Lipinski definition) is 4. The van der Waals surface area contributed by atoms with Crippen LogP contribution in [0.5, 0.6) is 5.75 Å². The lowest BCUT2D eigenvalue weighted by atomic mass is 10.2. The molecule has 1 aliphatic heterocycles. The highest BCUT2D eigenvalue weighted by Crippen LogP contribution is 2.16. The van der Waals surface area contributed by atoms with E-state index in [1.807, 2.05) is 16.7 Å². The van der Waals surface area contributed by atoms with Gasteiger partial charge in [0.05, 0.1) is 11.6 Å². The number of nitrogens with zero attached hydrogens (tertiary/aromatic N) is 2. The van der Waals surface area contributed by atoms with E-state index in [1.165, 1.54) is 0 Å². The van der Waals surface area contributed by atoms with E-state index >= 15 is 0 Å². The zero-order valence-corrected chi connectivity index (χ0v) is 11.7. The molecular formula is C14H16N2O2S. The van der Waals surface area contributed by atoms with E-state index in [2.05, 4.69) is 6.07 Å². The first-order valence-electron chi connectivity index (χ1n) is 6.24. The number of thioether (sulfide) groups is 1. The van der Waals surface area contributed by atoms with Crippen LogP contribution >= 0.6 is 11.8 Å². The Kier molecular flexibility index (Phi) is 4.69. The lowest BCUT2D eigenvalue weighted by Gasteiger charge is -2.29. The van der Waals surface area contributed by atoms with Crippen LogP contribution in [0, 0.1) is 11.3 Å². The standard InChI is InChI=1S/C14H16N2O2S/c1-11(14(17)16-5-7-19-8-6-16)18-13-4-2-3-12(9-13)10-15/h2-4,9,11H,5-8H2,1H3/t11-/m0/s1. The topological polar surface area (TPSA) is 53.3 Å². The average Bonchev–Trinajstić information content (AvgIpc) is 2.47. The molecule has 2 rings (SSSR count). The lowest BCUT2D eigenvalue weighted by molar-refractivity contribution is -0.137. The average molecular weight is 276 g/mol. The van der Waals surface area contributed by atoms with E-state index in [9.17, 15) is 4.79 Å². The molecular weight excluding hydrogens is 260 g/mol. The zero-order chi connectivity index (χ0) is 13.7. The molecule has 5 heteroatoms. The van der Waals surface area contributed by atoms with Crippen LogP contribution < -0.4 is 4.74 Å². The van der Waals surface area contributed by atoms with E-state index in [4.69, 9.17) is 10.00 Å². The van der Waals surface area contributed by atoms with Gasteiger partial charge in [-0.2, -0.15) is 17.0 Å². The summed E-state index contributed by atoms with van der Waals surface area (Å²) >= 11 is 1.87. The normalized spacial score (nSPS) is 16.5. The Balaban J connectivity index is 1.97. The molecule has 0 aliphatic carbocycles. The summed E-state index contributed by atoms with van der Waals surface area (Å²) in [5.41, 5.74) is 0.534. The van der Waals surface area contributed by atoms with Gasteiger partial charge in [-0.05, 0) is 25.1 Å². The second-order valence-corrected chi connectivity index (χ2v) is 5.56. The van der Waals surface area contributed by atoms with E-state index in [-0.39, 0.29) is 5.91 Å². The van der Waals surface area contributed by atoms with Crippen LogP contribution in [0.1, 0.15) is 12.5 Å². The minimum Gasteiger partial charge on any atom is -0.481 e. The quantitative estimate of drug-likeness (QED) is 0.846. The predicted molar refractivity (Wildman–Crippen MR) is 75.2 cm³/mol. The Bertz CT molecular complexity index is 492. The van der Waals surface area contributed by atoms with Gasteiger partial charge in [-0.1, -0.05) is 6.07 Å². The largest absolute Gasteiger partial charge is 0.481 e. The van der Waals surface area contributed by atoms with Gasteiger partial charge in [-0.3, -0.25) is 4.79 Å². The van der Waals surface area contributed by atoms with E-state index < -0.39 is 6.10 Å². The van der Waals surface area contributed by atoms with Crippen molar-refractivity contribution < 1.29 is 9.53 Å². The monoisotopic (exact) mass is 276 g/mol. The highest BCUT2D eigenvalue weighted by atomic mass is 32.2. The molecule has 0 aromatic heterocycles. The summed E-state index contributed by atoms with van der Waals surface area (Å²) in [5.74, 6) is 2.55. The number of amides is 1. The first kappa shape index (κ1) is 13.8. The van der Waals surface area contributed by atoms with Crippen molar-refractivity contribution in [2.24, 2.45) is 0 Å². The molecule has 1 aromatic carbocycles. The minimum absolute atomic E-state index is 0.0164. The molecule has 0 N–H and O–H groups in total. The molecule has 19 heavy (non-hydrogen) atoms. The van der Waals surface area contributed by atoms with Crippen molar-refractivity contribution in [3.63, 3.8) is 0 Å². The van der Waals surface area contributed by atoms with Gasteiger partial charge in [-0.25, -0.2) is 0 Å². The highest BCUT2D eigenvalue weighted by Gasteiger charge is 2.23. The van der Waals surface area contributed by atoms with Crippen molar-refractivity contribution in [2.75, 3.05) is 24.6 Å². The fourth-order valence-corrected chi connectivity index (χ4v) is 2.84.